The molecule has 0 unspecified atom stereocenters. The van der Waals surface area contributed by atoms with Gasteiger partial charge >= 0.3 is 0 Å². The minimum absolute atomic E-state index is 0.0227. The van der Waals surface area contributed by atoms with Gasteiger partial charge < -0.3 is 16.0 Å². The van der Waals surface area contributed by atoms with Gasteiger partial charge in [-0.3, -0.25) is 4.79 Å². The quantitative estimate of drug-likeness (QED) is 0.842. The Morgan fingerprint density at radius 2 is 1.94 bits per heavy atom. The second-order valence-corrected chi connectivity index (χ2v) is 5.25. The predicted octanol–water partition coefficient (Wildman–Crippen LogP) is 1.25. The third-order valence-corrected chi connectivity index (χ3v) is 3.60. The first-order valence-electron chi connectivity index (χ1n) is 6.35. The van der Waals surface area contributed by atoms with Crippen molar-refractivity contribution in [1.29, 1.82) is 0 Å². The Labute approximate surface area is 108 Å². The van der Waals surface area contributed by atoms with E-state index in [-0.39, 0.29) is 5.91 Å². The van der Waals surface area contributed by atoms with Gasteiger partial charge in [0.25, 0.3) is 0 Å². The lowest BCUT2D eigenvalue weighted by Crippen LogP contribution is -2.58. The topological polar surface area (TPSA) is 58.4 Å². The van der Waals surface area contributed by atoms with Crippen LogP contribution in [0, 0.1) is 0 Å². The van der Waals surface area contributed by atoms with Gasteiger partial charge in [-0.2, -0.15) is 0 Å². The second-order valence-electron chi connectivity index (χ2n) is 5.25. The van der Waals surface area contributed by atoms with Crippen molar-refractivity contribution in [2.24, 2.45) is 5.73 Å². The smallest absolute Gasteiger partial charge is 0.240 e. The minimum atomic E-state index is -0.608. The molecule has 98 valence electrons. The van der Waals surface area contributed by atoms with E-state index in [4.69, 9.17) is 5.73 Å². The molecular weight excluding hydrogens is 226 g/mol. The molecule has 1 aromatic rings. The molecule has 4 heteroatoms. The highest BCUT2D eigenvalue weighted by atomic mass is 16.2. The van der Waals surface area contributed by atoms with Crippen LogP contribution in [0.2, 0.25) is 0 Å². The largest absolute Gasteiger partial charge is 0.378 e. The summed E-state index contributed by atoms with van der Waals surface area (Å²) in [6.45, 7) is 0.547. The van der Waals surface area contributed by atoms with Crippen LogP contribution in [-0.2, 0) is 11.3 Å². The van der Waals surface area contributed by atoms with Gasteiger partial charge in [0, 0.05) is 26.3 Å². The molecule has 0 aromatic heterocycles. The molecule has 0 saturated heterocycles. The molecule has 3 N–H and O–H groups in total. The lowest BCUT2D eigenvalue weighted by atomic mass is 9.77. The van der Waals surface area contributed by atoms with E-state index in [0.717, 1.165) is 30.5 Å². The Morgan fingerprint density at radius 1 is 1.33 bits per heavy atom. The Morgan fingerprint density at radius 3 is 2.39 bits per heavy atom. The molecule has 0 radical (unpaired) electrons. The highest BCUT2D eigenvalue weighted by Gasteiger charge is 2.39. The Hall–Kier alpha value is -1.55. The zero-order chi connectivity index (χ0) is 13.2. The highest BCUT2D eigenvalue weighted by Crippen LogP contribution is 2.29. The first-order valence-corrected chi connectivity index (χ1v) is 6.35. The van der Waals surface area contributed by atoms with E-state index >= 15 is 0 Å². The summed E-state index contributed by atoms with van der Waals surface area (Å²) in [5.41, 5.74) is 7.59. The fourth-order valence-electron chi connectivity index (χ4n) is 2.06. The number of hydrogen-bond donors (Lipinski definition) is 2. The molecule has 1 aromatic carbocycles. The number of hydrogen-bond acceptors (Lipinski definition) is 3. The van der Waals surface area contributed by atoms with E-state index in [1.54, 1.807) is 0 Å². The monoisotopic (exact) mass is 247 g/mol. The zero-order valence-electron chi connectivity index (χ0n) is 11.1. The third kappa shape index (κ3) is 2.64. The van der Waals surface area contributed by atoms with Crippen LogP contribution in [0.3, 0.4) is 0 Å². The highest BCUT2D eigenvalue weighted by molar-refractivity contribution is 5.86. The first kappa shape index (κ1) is 12.9. The molecule has 0 spiro atoms. The maximum atomic E-state index is 11.9. The lowest BCUT2D eigenvalue weighted by Gasteiger charge is -2.36. The molecule has 1 aliphatic carbocycles. The van der Waals surface area contributed by atoms with Crippen molar-refractivity contribution in [2.75, 3.05) is 19.0 Å². The summed E-state index contributed by atoms with van der Waals surface area (Å²) >= 11 is 0. The number of carbonyl (C=O) groups is 1. The number of nitrogens with one attached hydrogen (secondary N) is 1. The van der Waals surface area contributed by atoms with Gasteiger partial charge in [-0.05, 0) is 37.0 Å². The van der Waals surface area contributed by atoms with Crippen LogP contribution in [0.15, 0.2) is 24.3 Å². The fourth-order valence-corrected chi connectivity index (χ4v) is 2.06. The van der Waals surface area contributed by atoms with Gasteiger partial charge in [0.15, 0.2) is 0 Å². The van der Waals surface area contributed by atoms with Crippen molar-refractivity contribution >= 4 is 11.6 Å². The van der Waals surface area contributed by atoms with Crippen LogP contribution in [0.4, 0.5) is 5.69 Å². The summed E-state index contributed by atoms with van der Waals surface area (Å²) in [7, 11) is 4.01. The minimum Gasteiger partial charge on any atom is -0.378 e. The molecular formula is C14H21N3O. The van der Waals surface area contributed by atoms with Crippen molar-refractivity contribution in [3.05, 3.63) is 29.8 Å². The van der Waals surface area contributed by atoms with Crippen LogP contribution in [0.1, 0.15) is 24.8 Å². The van der Waals surface area contributed by atoms with Crippen molar-refractivity contribution < 1.29 is 4.79 Å². The predicted molar refractivity (Wildman–Crippen MR) is 73.4 cm³/mol. The number of amides is 1. The average molecular weight is 247 g/mol. The van der Waals surface area contributed by atoms with Crippen LogP contribution in [0.5, 0.6) is 0 Å². The van der Waals surface area contributed by atoms with Gasteiger partial charge in [-0.1, -0.05) is 12.1 Å². The second kappa shape index (κ2) is 4.98. The Kier molecular flexibility index (Phi) is 3.57. The molecule has 18 heavy (non-hydrogen) atoms. The number of nitrogens with zero attached hydrogens (tertiary/aromatic N) is 1. The number of benzene rings is 1. The Balaban J connectivity index is 1.88. The Bertz CT molecular complexity index is 421. The summed E-state index contributed by atoms with van der Waals surface area (Å²) < 4.78 is 0. The zero-order valence-corrected chi connectivity index (χ0v) is 11.1. The van der Waals surface area contributed by atoms with Gasteiger partial charge in [-0.25, -0.2) is 0 Å². The summed E-state index contributed by atoms with van der Waals surface area (Å²) in [6, 6.07) is 8.14. The maximum Gasteiger partial charge on any atom is 0.240 e. The van der Waals surface area contributed by atoms with E-state index in [1.165, 1.54) is 0 Å². The van der Waals surface area contributed by atoms with E-state index in [1.807, 2.05) is 43.3 Å². The maximum absolute atomic E-state index is 11.9. The fraction of sp³-hybridized carbons (Fsp3) is 0.500. The molecule has 0 atom stereocenters. The number of carbonyl (C=O) groups excluding carboxylic acids is 1. The first-order chi connectivity index (χ1) is 8.51. The van der Waals surface area contributed by atoms with Crippen LogP contribution < -0.4 is 16.0 Å². The molecule has 1 saturated carbocycles. The van der Waals surface area contributed by atoms with Gasteiger partial charge in [0.1, 0.15) is 0 Å². The van der Waals surface area contributed by atoms with E-state index in [0.29, 0.717) is 6.54 Å². The van der Waals surface area contributed by atoms with Crippen molar-refractivity contribution in [1.82, 2.24) is 5.32 Å². The molecule has 1 aliphatic rings. The number of rotatable bonds is 4. The molecule has 2 rings (SSSR count). The summed E-state index contributed by atoms with van der Waals surface area (Å²) in [5, 5.41) is 2.91. The van der Waals surface area contributed by atoms with Crippen LogP contribution in [0.25, 0.3) is 0 Å². The SMILES string of the molecule is CN(C)c1ccc(CNC(=O)C2(N)CCC2)cc1. The van der Waals surface area contributed by atoms with E-state index in [9.17, 15) is 4.79 Å². The van der Waals surface area contributed by atoms with Crippen molar-refractivity contribution in [2.45, 2.75) is 31.3 Å². The van der Waals surface area contributed by atoms with Crippen LogP contribution in [-0.4, -0.2) is 25.5 Å². The van der Waals surface area contributed by atoms with E-state index < -0.39 is 5.54 Å². The molecule has 0 heterocycles. The summed E-state index contributed by atoms with van der Waals surface area (Å²) in [5.74, 6) is -0.0227. The van der Waals surface area contributed by atoms with Crippen molar-refractivity contribution in [3.8, 4) is 0 Å². The molecule has 1 amide bonds. The van der Waals surface area contributed by atoms with E-state index in [2.05, 4.69) is 5.32 Å². The van der Waals surface area contributed by atoms with Crippen LogP contribution >= 0.6 is 0 Å². The van der Waals surface area contributed by atoms with Gasteiger partial charge in [0.2, 0.25) is 5.91 Å². The number of nitrogens with two attached hydrogens (primary N) is 1. The molecule has 1 fully saturated rings. The molecule has 0 bridgehead atoms. The third-order valence-electron chi connectivity index (χ3n) is 3.60. The average Bonchev–Trinajstić information content (AvgIpc) is 2.33. The number of anilines is 1. The lowest BCUT2D eigenvalue weighted by molar-refractivity contribution is -0.129. The molecule has 0 aliphatic heterocycles. The standard InChI is InChI=1S/C14H21N3O/c1-17(2)12-6-4-11(5-7-12)10-16-13(18)14(15)8-3-9-14/h4-7H,3,8-10,15H2,1-2H3,(H,16,18). The normalized spacial score (nSPS) is 16.8. The molecule has 4 nitrogen and oxygen atoms in total. The van der Waals surface area contributed by atoms with Crippen molar-refractivity contribution in [3.63, 3.8) is 0 Å². The van der Waals surface area contributed by atoms with Gasteiger partial charge in [0.05, 0.1) is 5.54 Å². The summed E-state index contributed by atoms with van der Waals surface area (Å²) in [6.07, 6.45) is 2.66. The summed E-state index contributed by atoms with van der Waals surface area (Å²) in [4.78, 5) is 13.9. The van der Waals surface area contributed by atoms with Gasteiger partial charge in [-0.15, -0.1) is 0 Å².